The van der Waals surface area contributed by atoms with E-state index < -0.39 is 0 Å². The summed E-state index contributed by atoms with van der Waals surface area (Å²) in [7, 11) is 4.27. The zero-order valence-corrected chi connectivity index (χ0v) is 31.7. The first-order valence-corrected chi connectivity index (χ1v) is 20.9. The zero-order chi connectivity index (χ0) is 34.1. The quantitative estimate of drug-likeness (QED) is 0.0755. The number of thioether (sulfide) groups is 3. The summed E-state index contributed by atoms with van der Waals surface area (Å²) in [6, 6.07) is 18.6. The van der Waals surface area contributed by atoms with Gasteiger partial charge in [0.05, 0.1) is 5.75 Å². The molecule has 2 aliphatic carbocycles. The fraction of sp³-hybridized carbons (Fsp3) is 0.450. The Morgan fingerprint density at radius 2 is 1.27 bits per heavy atom. The van der Waals surface area contributed by atoms with Crippen molar-refractivity contribution < 1.29 is 14.5 Å². The van der Waals surface area contributed by atoms with Gasteiger partial charge in [-0.1, -0.05) is 62.8 Å². The summed E-state index contributed by atoms with van der Waals surface area (Å²) in [4.78, 5) is 17.9. The number of rotatable bonds is 21. The van der Waals surface area contributed by atoms with Crippen LogP contribution in [0.4, 0.5) is 11.4 Å². The maximum absolute atomic E-state index is 13.2. The predicted octanol–water partition coefficient (Wildman–Crippen LogP) is 7.59. The van der Waals surface area contributed by atoms with E-state index in [1.165, 1.54) is 28.7 Å². The standard InChI is InChI=1S/C40H53N3O2S3/c1-5-7-22-43(23-8-6-2)36-20-16-33(17-21-36)38-39(44)37(40(38)45)32-14-18-35(19-15-32)42(4)25-27-47-29-31-48-30-28-46-26-24-41(3)34-12-10-9-11-13-34/h9-21H,5-8,22-31H2,1-4H3. The molecule has 5 nitrogen and oxygen atoms in total. The molecule has 0 saturated carbocycles. The third-order valence-electron chi connectivity index (χ3n) is 8.67. The molecule has 4 rings (SSSR count). The monoisotopic (exact) mass is 703 g/mol. The lowest BCUT2D eigenvalue weighted by Crippen LogP contribution is -2.30. The predicted molar refractivity (Wildman–Crippen MR) is 213 cm³/mol. The highest BCUT2D eigenvalue weighted by Crippen LogP contribution is 2.38. The molecule has 0 bridgehead atoms. The van der Waals surface area contributed by atoms with Crippen molar-refractivity contribution in [3.8, 4) is 0 Å². The van der Waals surface area contributed by atoms with Gasteiger partial charge in [0.25, 0.3) is 0 Å². The molecule has 258 valence electrons. The molecular weight excluding hydrogens is 651 g/mol. The first kappa shape index (κ1) is 38.0. The Balaban J connectivity index is 1.16. The SMILES string of the molecule is CCCCN(CCCC)c1ccc(C2=C([O-])C(=C3C=CC(=[N+](C)CCSCCSCCSCCN(C)c4ccccc4)C=C3)C2=O)cc1. The molecule has 0 unspecified atom stereocenters. The topological polar surface area (TPSA) is 49.6 Å². The molecule has 0 fully saturated rings. The summed E-state index contributed by atoms with van der Waals surface area (Å²) in [5.74, 6) is 6.70. The van der Waals surface area contributed by atoms with Gasteiger partial charge >= 0.3 is 0 Å². The summed E-state index contributed by atoms with van der Waals surface area (Å²) in [6.07, 6.45) is 12.5. The molecule has 0 aliphatic heterocycles. The van der Waals surface area contributed by atoms with E-state index in [-0.39, 0.29) is 11.5 Å². The van der Waals surface area contributed by atoms with E-state index in [0.29, 0.717) is 16.7 Å². The Morgan fingerprint density at radius 1 is 0.688 bits per heavy atom. The molecule has 0 saturated heterocycles. The number of ketones is 1. The van der Waals surface area contributed by atoms with Crippen LogP contribution in [0.5, 0.6) is 0 Å². The third kappa shape index (κ3) is 11.1. The summed E-state index contributed by atoms with van der Waals surface area (Å²) >= 11 is 6.09. The van der Waals surface area contributed by atoms with Crippen molar-refractivity contribution in [1.82, 2.24) is 0 Å². The van der Waals surface area contributed by atoms with Gasteiger partial charge in [-0.05, 0) is 60.4 Å². The van der Waals surface area contributed by atoms with Gasteiger partial charge in [0.15, 0.2) is 18.0 Å². The van der Waals surface area contributed by atoms with Crippen LogP contribution in [0.25, 0.3) is 5.57 Å². The van der Waals surface area contributed by atoms with Gasteiger partial charge in [-0.3, -0.25) is 4.79 Å². The molecule has 8 heteroatoms. The van der Waals surface area contributed by atoms with E-state index in [0.717, 1.165) is 80.3 Å². The molecule has 2 aliphatic rings. The number of allylic oxidation sites excluding steroid dienone is 7. The molecule has 2 aromatic carbocycles. The van der Waals surface area contributed by atoms with Gasteiger partial charge in [0, 0.05) is 90.1 Å². The van der Waals surface area contributed by atoms with Crippen molar-refractivity contribution >= 4 is 63.7 Å². The number of hydrogen-bond acceptors (Lipinski definition) is 7. The van der Waals surface area contributed by atoms with Crippen molar-refractivity contribution in [2.24, 2.45) is 0 Å². The average molecular weight is 704 g/mol. The third-order valence-corrected chi connectivity index (χ3v) is 12.1. The Hall–Kier alpha value is -2.81. The number of benzene rings is 2. The van der Waals surface area contributed by atoms with Crippen molar-refractivity contribution in [2.45, 2.75) is 39.5 Å². The lowest BCUT2D eigenvalue weighted by molar-refractivity contribution is -0.490. The highest BCUT2D eigenvalue weighted by atomic mass is 32.2. The van der Waals surface area contributed by atoms with Crippen LogP contribution >= 0.6 is 35.3 Å². The minimum absolute atomic E-state index is 0.147. The average Bonchev–Trinajstić information content (AvgIpc) is 3.11. The van der Waals surface area contributed by atoms with Crippen LogP contribution in [-0.4, -0.2) is 90.9 Å². The molecule has 48 heavy (non-hydrogen) atoms. The van der Waals surface area contributed by atoms with E-state index in [1.807, 2.05) is 60.0 Å². The van der Waals surface area contributed by atoms with Crippen molar-refractivity contribution in [3.05, 3.63) is 101 Å². The highest BCUT2D eigenvalue weighted by Gasteiger charge is 2.30. The molecule has 0 aromatic heterocycles. The Morgan fingerprint density at radius 3 is 1.85 bits per heavy atom. The number of para-hydroxylation sites is 1. The lowest BCUT2D eigenvalue weighted by atomic mass is 9.80. The van der Waals surface area contributed by atoms with Crippen LogP contribution in [-0.2, 0) is 4.79 Å². The number of nitrogens with zero attached hydrogens (tertiary/aromatic N) is 3. The van der Waals surface area contributed by atoms with Crippen molar-refractivity contribution in [3.63, 3.8) is 0 Å². The molecule has 0 spiro atoms. The van der Waals surface area contributed by atoms with Crippen LogP contribution in [0.3, 0.4) is 0 Å². The molecule has 0 N–H and O–H groups in total. The highest BCUT2D eigenvalue weighted by molar-refractivity contribution is 8.04. The zero-order valence-electron chi connectivity index (χ0n) is 29.3. The number of carbonyl (C=O) groups excluding carboxylic acids is 1. The lowest BCUT2D eigenvalue weighted by Gasteiger charge is -2.32. The Labute approximate surface area is 302 Å². The van der Waals surface area contributed by atoms with Crippen LogP contribution in [0.15, 0.2) is 95.8 Å². The van der Waals surface area contributed by atoms with Gasteiger partial charge in [-0.15, -0.1) is 0 Å². The number of unbranched alkanes of at least 4 members (excludes halogenated alkanes) is 2. The molecule has 0 radical (unpaired) electrons. The molecular formula is C40H53N3O2S3. The van der Waals surface area contributed by atoms with Crippen LogP contribution in [0.1, 0.15) is 45.1 Å². The van der Waals surface area contributed by atoms with E-state index in [2.05, 4.69) is 96.5 Å². The van der Waals surface area contributed by atoms with E-state index in [9.17, 15) is 9.90 Å². The minimum Gasteiger partial charge on any atom is -0.871 e. The van der Waals surface area contributed by atoms with Gasteiger partial charge in [0.2, 0.25) is 0 Å². The van der Waals surface area contributed by atoms with E-state index in [4.69, 9.17) is 0 Å². The minimum atomic E-state index is -0.147. The first-order chi connectivity index (χ1) is 23.4. The Bertz CT molecular complexity index is 1450. The first-order valence-electron chi connectivity index (χ1n) is 17.4. The number of hydrogen-bond donors (Lipinski definition) is 0. The number of Topliss-reactive ketones (excluding diaryl/α,β-unsaturated/α-hetero) is 1. The Kier molecular flexibility index (Phi) is 16.3. The molecule has 2 aromatic rings. The summed E-state index contributed by atoms with van der Waals surface area (Å²) in [5.41, 5.74) is 5.58. The summed E-state index contributed by atoms with van der Waals surface area (Å²) < 4.78 is 2.24. The smallest absolute Gasteiger partial charge is 0.199 e. The maximum atomic E-state index is 13.2. The number of anilines is 2. The van der Waals surface area contributed by atoms with Crippen molar-refractivity contribution in [2.75, 3.05) is 84.6 Å². The van der Waals surface area contributed by atoms with Gasteiger partial charge < -0.3 is 14.9 Å². The van der Waals surface area contributed by atoms with Crippen LogP contribution in [0, 0.1) is 0 Å². The largest absolute Gasteiger partial charge is 0.871 e. The second-order valence-electron chi connectivity index (χ2n) is 12.2. The fourth-order valence-corrected chi connectivity index (χ4v) is 8.90. The summed E-state index contributed by atoms with van der Waals surface area (Å²) in [5, 5.41) is 13.2. The molecule has 0 heterocycles. The molecule has 0 amide bonds. The number of carbonyl (C=O) groups is 1. The van der Waals surface area contributed by atoms with E-state index in [1.54, 1.807) is 0 Å². The normalized spacial score (nSPS) is 14.2. The van der Waals surface area contributed by atoms with Gasteiger partial charge in [-0.2, -0.15) is 35.3 Å². The fourth-order valence-electron chi connectivity index (χ4n) is 5.59. The van der Waals surface area contributed by atoms with Crippen LogP contribution < -0.4 is 14.9 Å². The van der Waals surface area contributed by atoms with Gasteiger partial charge in [-0.25, -0.2) is 4.58 Å². The second-order valence-corrected chi connectivity index (χ2v) is 15.9. The second kappa shape index (κ2) is 20.6. The van der Waals surface area contributed by atoms with Gasteiger partial charge in [0.1, 0.15) is 7.05 Å². The maximum Gasteiger partial charge on any atom is 0.199 e. The van der Waals surface area contributed by atoms with E-state index >= 15 is 0 Å². The van der Waals surface area contributed by atoms with Crippen LogP contribution in [0.2, 0.25) is 0 Å². The summed E-state index contributed by atoms with van der Waals surface area (Å²) in [6.45, 7) is 8.51. The van der Waals surface area contributed by atoms with Crippen molar-refractivity contribution in [1.29, 1.82) is 0 Å². The molecule has 0 atom stereocenters.